The van der Waals surface area contributed by atoms with Gasteiger partial charge in [0.2, 0.25) is 0 Å². The van der Waals surface area contributed by atoms with Crippen LogP contribution in [-0.2, 0) is 0 Å². The van der Waals surface area contributed by atoms with Crippen LogP contribution < -0.4 is 5.32 Å². The zero-order valence-corrected chi connectivity index (χ0v) is 19.6. The molecule has 1 aliphatic heterocycles. The summed E-state index contributed by atoms with van der Waals surface area (Å²) in [6.45, 7) is 11.4. The number of aliphatic hydroxyl groups excluding tert-OH is 1. The lowest BCUT2D eigenvalue weighted by Gasteiger charge is -2.34. The zero-order chi connectivity index (χ0) is 22.9. The van der Waals surface area contributed by atoms with Crippen molar-refractivity contribution < 1.29 is 14.7 Å². The fourth-order valence-electron chi connectivity index (χ4n) is 3.08. The highest BCUT2D eigenvalue weighted by molar-refractivity contribution is 6.34. The molecule has 0 bridgehead atoms. The minimum absolute atomic E-state index is 0.136. The number of carbonyl (C=O) groups excluding carboxylic acids is 2. The van der Waals surface area contributed by atoms with E-state index in [1.165, 1.54) is 4.90 Å². The van der Waals surface area contributed by atoms with Gasteiger partial charge in [0.15, 0.2) is 6.23 Å². The number of halogens is 2. The quantitative estimate of drug-likeness (QED) is 0.606. The summed E-state index contributed by atoms with van der Waals surface area (Å²) in [7, 11) is 0. The number of nitrogens with zero attached hydrogens (tertiary/aromatic N) is 1. The van der Waals surface area contributed by atoms with Crippen LogP contribution in [0.1, 0.15) is 74.0 Å². The summed E-state index contributed by atoms with van der Waals surface area (Å²) < 4.78 is 0. The van der Waals surface area contributed by atoms with Crippen LogP contribution in [-0.4, -0.2) is 32.9 Å². The number of benzene rings is 2. The van der Waals surface area contributed by atoms with E-state index in [0.717, 1.165) is 0 Å². The lowest BCUT2D eigenvalue weighted by Crippen LogP contribution is -2.43. The standard InChI is InChI=1S/C12H14ClNO2.C11H14ClNO/c1-12(2,3)14-10(15)7-5-4-6-8(13)9(7)11(14)16;1-11(2,3)13-10(14)8-6-4-5-7-9(8)12/h4-6,10,15H,1-3H3;4-7H,1-3H3,(H,13,14). The van der Waals surface area contributed by atoms with E-state index in [9.17, 15) is 14.7 Å². The maximum absolute atomic E-state index is 12.2. The van der Waals surface area contributed by atoms with Gasteiger partial charge in [0.25, 0.3) is 11.8 Å². The lowest BCUT2D eigenvalue weighted by atomic mass is 10.1. The first kappa shape index (κ1) is 24.2. The summed E-state index contributed by atoms with van der Waals surface area (Å²) in [5.74, 6) is -0.344. The van der Waals surface area contributed by atoms with Gasteiger partial charge in [-0.2, -0.15) is 0 Å². The Morgan fingerprint density at radius 2 is 1.53 bits per heavy atom. The van der Waals surface area contributed by atoms with E-state index in [2.05, 4.69) is 5.32 Å². The van der Waals surface area contributed by atoms with Gasteiger partial charge in [-0.25, -0.2) is 0 Å². The van der Waals surface area contributed by atoms with Crippen LogP contribution in [0.5, 0.6) is 0 Å². The van der Waals surface area contributed by atoms with E-state index < -0.39 is 11.8 Å². The Morgan fingerprint density at radius 1 is 0.967 bits per heavy atom. The number of fused-ring (bicyclic) bond motifs is 1. The minimum Gasteiger partial charge on any atom is -0.369 e. The molecule has 0 aliphatic carbocycles. The molecule has 0 radical (unpaired) electrons. The summed E-state index contributed by atoms with van der Waals surface area (Å²) in [6, 6.07) is 12.2. The highest BCUT2D eigenvalue weighted by Gasteiger charge is 2.42. The third-order valence-electron chi connectivity index (χ3n) is 4.33. The van der Waals surface area contributed by atoms with Gasteiger partial charge >= 0.3 is 0 Å². The second kappa shape index (κ2) is 8.96. The summed E-state index contributed by atoms with van der Waals surface area (Å²) in [5, 5.41) is 13.8. The Bertz CT molecular complexity index is 946. The van der Waals surface area contributed by atoms with Crippen molar-refractivity contribution in [3.8, 4) is 0 Å². The molecule has 0 spiro atoms. The first-order chi connectivity index (χ1) is 13.7. The first-order valence-corrected chi connectivity index (χ1v) is 10.4. The smallest absolute Gasteiger partial charge is 0.258 e. The van der Waals surface area contributed by atoms with Gasteiger partial charge in [-0.3, -0.25) is 9.59 Å². The van der Waals surface area contributed by atoms with Gasteiger partial charge in [0.1, 0.15) is 0 Å². The number of hydrogen-bond donors (Lipinski definition) is 2. The van der Waals surface area contributed by atoms with Crippen LogP contribution in [0.25, 0.3) is 0 Å². The van der Waals surface area contributed by atoms with Crippen molar-refractivity contribution in [2.75, 3.05) is 0 Å². The summed E-state index contributed by atoms with van der Waals surface area (Å²) >= 11 is 11.9. The number of aliphatic hydroxyl groups is 1. The van der Waals surface area contributed by atoms with Crippen LogP contribution in [0.3, 0.4) is 0 Å². The molecule has 0 fully saturated rings. The number of rotatable bonds is 1. The van der Waals surface area contributed by atoms with Gasteiger partial charge in [0, 0.05) is 16.6 Å². The van der Waals surface area contributed by atoms with Crippen molar-refractivity contribution >= 4 is 35.0 Å². The molecule has 2 aromatic carbocycles. The number of hydrogen-bond acceptors (Lipinski definition) is 3. The SMILES string of the molecule is CC(C)(C)N1C(=O)c2c(Cl)cccc2C1O.CC(C)(C)NC(=O)c1ccccc1Cl. The van der Waals surface area contributed by atoms with Crippen LogP contribution in [0, 0.1) is 0 Å². The van der Waals surface area contributed by atoms with E-state index in [0.29, 0.717) is 26.7 Å². The van der Waals surface area contributed by atoms with Crippen molar-refractivity contribution in [1.29, 1.82) is 0 Å². The van der Waals surface area contributed by atoms with Gasteiger partial charge in [0.05, 0.1) is 21.2 Å². The molecule has 30 heavy (non-hydrogen) atoms. The Kier molecular flexibility index (Phi) is 7.23. The fraction of sp³-hybridized carbons (Fsp3) is 0.391. The van der Waals surface area contributed by atoms with Crippen molar-refractivity contribution in [3.63, 3.8) is 0 Å². The van der Waals surface area contributed by atoms with Gasteiger partial charge in [-0.15, -0.1) is 0 Å². The van der Waals surface area contributed by atoms with E-state index >= 15 is 0 Å². The van der Waals surface area contributed by atoms with Crippen LogP contribution >= 0.6 is 23.2 Å². The maximum atomic E-state index is 12.2. The Balaban J connectivity index is 0.000000216. The molecule has 162 valence electrons. The van der Waals surface area contributed by atoms with Gasteiger partial charge in [-0.1, -0.05) is 47.5 Å². The Morgan fingerprint density at radius 3 is 2.03 bits per heavy atom. The molecule has 1 atom stereocenters. The Labute approximate surface area is 188 Å². The van der Waals surface area contributed by atoms with E-state index in [4.69, 9.17) is 23.2 Å². The largest absolute Gasteiger partial charge is 0.369 e. The van der Waals surface area contributed by atoms with Crippen molar-refractivity contribution in [2.45, 2.75) is 58.8 Å². The van der Waals surface area contributed by atoms with Crippen molar-refractivity contribution in [2.24, 2.45) is 0 Å². The van der Waals surface area contributed by atoms with E-state index in [1.807, 2.05) is 41.5 Å². The molecule has 1 unspecified atom stereocenters. The first-order valence-electron chi connectivity index (χ1n) is 9.61. The minimum atomic E-state index is -0.902. The molecule has 5 nitrogen and oxygen atoms in total. The third-order valence-corrected chi connectivity index (χ3v) is 4.98. The normalized spacial score (nSPS) is 16.0. The molecule has 0 aromatic heterocycles. The Hall–Kier alpha value is -2.08. The van der Waals surface area contributed by atoms with Gasteiger partial charge < -0.3 is 15.3 Å². The maximum Gasteiger partial charge on any atom is 0.258 e. The number of carbonyl (C=O) groups is 2. The monoisotopic (exact) mass is 450 g/mol. The molecule has 2 amide bonds. The summed E-state index contributed by atoms with van der Waals surface area (Å²) in [6.07, 6.45) is -0.902. The molecular formula is C23H28Cl2N2O3. The zero-order valence-electron chi connectivity index (χ0n) is 18.1. The van der Waals surface area contributed by atoms with Crippen LogP contribution in [0.4, 0.5) is 0 Å². The molecule has 2 aromatic rings. The highest BCUT2D eigenvalue weighted by Crippen LogP contribution is 2.39. The van der Waals surface area contributed by atoms with Crippen molar-refractivity contribution in [3.05, 3.63) is 69.2 Å². The van der Waals surface area contributed by atoms with Gasteiger partial charge in [-0.05, 0) is 59.7 Å². The highest BCUT2D eigenvalue weighted by atomic mass is 35.5. The summed E-state index contributed by atoms with van der Waals surface area (Å²) in [4.78, 5) is 25.3. The molecule has 1 aliphatic rings. The molecule has 2 N–H and O–H groups in total. The second-order valence-corrected chi connectivity index (χ2v) is 9.92. The predicted octanol–water partition coefficient (Wildman–Crippen LogP) is 5.45. The average molecular weight is 451 g/mol. The average Bonchev–Trinajstić information content (AvgIpc) is 2.86. The lowest BCUT2D eigenvalue weighted by molar-refractivity contribution is -0.0228. The second-order valence-electron chi connectivity index (χ2n) is 9.11. The molecule has 0 saturated heterocycles. The topological polar surface area (TPSA) is 69.6 Å². The van der Waals surface area contributed by atoms with Crippen LogP contribution in [0.15, 0.2) is 42.5 Å². The number of amides is 2. The molecule has 7 heteroatoms. The van der Waals surface area contributed by atoms with E-state index in [1.54, 1.807) is 42.5 Å². The van der Waals surface area contributed by atoms with E-state index in [-0.39, 0.29) is 17.4 Å². The van der Waals surface area contributed by atoms with Crippen LogP contribution in [0.2, 0.25) is 10.0 Å². The van der Waals surface area contributed by atoms with Crippen molar-refractivity contribution in [1.82, 2.24) is 10.2 Å². The third kappa shape index (κ3) is 5.54. The summed E-state index contributed by atoms with van der Waals surface area (Å²) in [5.41, 5.74) is 0.859. The molecule has 1 heterocycles. The molecular weight excluding hydrogens is 423 g/mol. The number of nitrogens with one attached hydrogen (secondary N) is 1. The molecule has 0 saturated carbocycles. The molecule has 3 rings (SSSR count). The predicted molar refractivity (Wildman–Crippen MR) is 121 cm³/mol. The fourth-order valence-corrected chi connectivity index (χ4v) is 3.56.